The molecule has 1 aromatic carbocycles. The van der Waals surface area contributed by atoms with Gasteiger partial charge in [-0.3, -0.25) is 14.4 Å². The molecule has 1 aromatic rings. The highest BCUT2D eigenvalue weighted by Crippen LogP contribution is 2.30. The lowest BCUT2D eigenvalue weighted by atomic mass is 9.82. The average molecular weight is 382 g/mol. The van der Waals surface area contributed by atoms with Gasteiger partial charge >= 0.3 is 5.97 Å². The molecule has 6 nitrogen and oxygen atoms in total. The second-order valence-corrected chi connectivity index (χ2v) is 8.07. The number of hydrogen-bond donors (Lipinski definition) is 2. The first-order valence-electron chi connectivity index (χ1n) is 8.40. The summed E-state index contributed by atoms with van der Waals surface area (Å²) in [7, 11) is 0. The van der Waals surface area contributed by atoms with E-state index in [4.69, 9.17) is 0 Å². The van der Waals surface area contributed by atoms with Crippen LogP contribution in [0, 0.1) is 11.2 Å². The summed E-state index contributed by atoms with van der Waals surface area (Å²) >= 11 is 1.19. The number of carboxylic acids is 1. The number of aliphatic carboxylic acids is 1. The Labute approximate surface area is 156 Å². The van der Waals surface area contributed by atoms with Crippen molar-refractivity contribution in [1.82, 2.24) is 4.90 Å². The minimum Gasteiger partial charge on any atom is -0.481 e. The number of benzene rings is 1. The highest BCUT2D eigenvalue weighted by Gasteiger charge is 2.40. The number of thioether (sulfide) groups is 1. The molecule has 2 N–H and O–H groups in total. The van der Waals surface area contributed by atoms with Crippen LogP contribution < -0.4 is 5.32 Å². The first-order valence-corrected chi connectivity index (χ1v) is 9.45. The summed E-state index contributed by atoms with van der Waals surface area (Å²) < 4.78 is 12.9. The van der Waals surface area contributed by atoms with Crippen molar-refractivity contribution in [3.63, 3.8) is 0 Å². The topological polar surface area (TPSA) is 86.7 Å². The number of anilines is 1. The Kier molecular flexibility index (Phi) is 6.63. The molecule has 1 fully saturated rings. The van der Waals surface area contributed by atoms with Crippen molar-refractivity contribution in [2.45, 2.75) is 31.9 Å². The predicted octanol–water partition coefficient (Wildman–Crippen LogP) is 2.60. The third kappa shape index (κ3) is 5.20. The van der Waals surface area contributed by atoms with Gasteiger partial charge in [-0.05, 0) is 51.0 Å². The Morgan fingerprint density at radius 3 is 2.62 bits per heavy atom. The number of carbonyl (C=O) groups is 3. The van der Waals surface area contributed by atoms with Crippen LogP contribution >= 0.6 is 11.8 Å². The lowest BCUT2D eigenvalue weighted by Crippen LogP contribution is -2.50. The summed E-state index contributed by atoms with van der Waals surface area (Å²) in [6.45, 7) is 4.09. The van der Waals surface area contributed by atoms with E-state index < -0.39 is 16.6 Å². The molecule has 1 saturated heterocycles. The Morgan fingerprint density at radius 1 is 1.35 bits per heavy atom. The fourth-order valence-electron chi connectivity index (χ4n) is 2.86. The molecule has 8 heteroatoms. The number of halogens is 1. The molecule has 0 saturated carbocycles. The Bertz CT molecular complexity index is 682. The third-order valence-corrected chi connectivity index (χ3v) is 5.60. The Hall–Kier alpha value is -2.09. The first kappa shape index (κ1) is 20.2. The van der Waals surface area contributed by atoms with Gasteiger partial charge in [-0.25, -0.2) is 4.39 Å². The van der Waals surface area contributed by atoms with Crippen molar-refractivity contribution in [3.05, 3.63) is 30.1 Å². The van der Waals surface area contributed by atoms with Gasteiger partial charge in [-0.15, -0.1) is 11.8 Å². The Balaban J connectivity index is 1.83. The number of likely N-dealkylation sites (tertiary alicyclic amines) is 1. The van der Waals surface area contributed by atoms with Crippen LogP contribution in [0.1, 0.15) is 26.7 Å². The zero-order valence-corrected chi connectivity index (χ0v) is 15.6. The van der Waals surface area contributed by atoms with Crippen molar-refractivity contribution in [1.29, 1.82) is 0 Å². The molecule has 2 atom stereocenters. The van der Waals surface area contributed by atoms with Crippen molar-refractivity contribution in [2.24, 2.45) is 5.41 Å². The number of rotatable bonds is 6. The van der Waals surface area contributed by atoms with E-state index in [1.54, 1.807) is 18.7 Å². The van der Waals surface area contributed by atoms with Crippen LogP contribution in [0.25, 0.3) is 0 Å². The van der Waals surface area contributed by atoms with Gasteiger partial charge in [0.05, 0.1) is 16.4 Å². The molecule has 0 aromatic heterocycles. The lowest BCUT2D eigenvalue weighted by Gasteiger charge is -2.38. The van der Waals surface area contributed by atoms with Crippen LogP contribution in [-0.4, -0.2) is 51.9 Å². The van der Waals surface area contributed by atoms with Crippen LogP contribution in [0.4, 0.5) is 10.1 Å². The molecular formula is C18H23FN2O4S. The van der Waals surface area contributed by atoms with Crippen LogP contribution in [-0.2, 0) is 14.4 Å². The molecule has 0 radical (unpaired) electrons. The molecule has 26 heavy (non-hydrogen) atoms. The maximum absolute atomic E-state index is 12.9. The van der Waals surface area contributed by atoms with Gasteiger partial charge in [0.25, 0.3) is 0 Å². The summed E-state index contributed by atoms with van der Waals surface area (Å²) in [5.74, 6) is -1.64. The minimum atomic E-state index is -0.918. The standard InChI is InChI=1S/C18H23FN2O4S/c1-12(16(23)21-9-3-8-18(2,11-21)17(24)25)26-10-15(22)20-14-6-4-13(19)5-7-14/h4-7,12H,3,8-11H2,1-2H3,(H,20,22)(H,24,25). The molecule has 2 amide bonds. The minimum absolute atomic E-state index is 0.0777. The zero-order valence-electron chi connectivity index (χ0n) is 14.8. The molecule has 0 spiro atoms. The third-order valence-electron chi connectivity index (χ3n) is 4.46. The number of nitrogens with zero attached hydrogens (tertiary/aromatic N) is 1. The van der Waals surface area contributed by atoms with Gasteiger partial charge in [-0.1, -0.05) is 0 Å². The summed E-state index contributed by atoms with van der Waals surface area (Å²) in [6.07, 6.45) is 1.20. The van der Waals surface area contributed by atoms with E-state index >= 15 is 0 Å². The Morgan fingerprint density at radius 2 is 2.00 bits per heavy atom. The molecule has 0 aliphatic carbocycles. The van der Waals surface area contributed by atoms with E-state index in [1.165, 1.54) is 36.0 Å². The van der Waals surface area contributed by atoms with Gasteiger partial charge < -0.3 is 15.3 Å². The van der Waals surface area contributed by atoms with Crippen LogP contribution in [0.3, 0.4) is 0 Å². The summed E-state index contributed by atoms with van der Waals surface area (Å²) in [4.78, 5) is 37.5. The van der Waals surface area contributed by atoms with Crippen LogP contribution in [0.5, 0.6) is 0 Å². The monoisotopic (exact) mass is 382 g/mol. The molecule has 2 unspecified atom stereocenters. The van der Waals surface area contributed by atoms with Crippen LogP contribution in [0.15, 0.2) is 24.3 Å². The normalized spacial score (nSPS) is 21.1. The first-order chi connectivity index (χ1) is 12.2. The van der Waals surface area contributed by atoms with E-state index in [1.807, 2.05) is 0 Å². The summed E-state index contributed by atoms with van der Waals surface area (Å²) in [6, 6.07) is 5.44. The van der Waals surface area contributed by atoms with Crippen LogP contribution in [0.2, 0.25) is 0 Å². The molecule has 142 valence electrons. The predicted molar refractivity (Wildman–Crippen MR) is 98.5 cm³/mol. The highest BCUT2D eigenvalue weighted by atomic mass is 32.2. The molecule has 2 rings (SSSR count). The van der Waals surface area contributed by atoms with Crippen molar-refractivity contribution in [3.8, 4) is 0 Å². The van der Waals surface area contributed by atoms with Crippen molar-refractivity contribution >= 4 is 35.2 Å². The van der Waals surface area contributed by atoms with E-state index in [2.05, 4.69) is 5.32 Å². The molecular weight excluding hydrogens is 359 g/mol. The maximum atomic E-state index is 12.9. The zero-order chi connectivity index (χ0) is 19.3. The highest BCUT2D eigenvalue weighted by molar-refractivity contribution is 8.01. The lowest BCUT2D eigenvalue weighted by molar-refractivity contribution is -0.153. The van der Waals surface area contributed by atoms with Gasteiger partial charge in [0, 0.05) is 18.8 Å². The second kappa shape index (κ2) is 8.53. The average Bonchev–Trinajstić information content (AvgIpc) is 2.61. The second-order valence-electron chi connectivity index (χ2n) is 6.74. The van der Waals surface area contributed by atoms with Gasteiger partial charge in [0.15, 0.2) is 0 Å². The fourth-order valence-corrected chi connectivity index (χ4v) is 3.63. The molecule has 1 aliphatic rings. The number of carboxylic acid groups (broad SMARTS) is 1. The SMILES string of the molecule is CC(SCC(=O)Nc1ccc(F)cc1)C(=O)N1CCCC(C)(C(=O)O)C1. The van der Waals surface area contributed by atoms with Crippen molar-refractivity contribution in [2.75, 3.05) is 24.2 Å². The number of amides is 2. The molecule has 1 aliphatic heterocycles. The number of carbonyl (C=O) groups excluding carboxylic acids is 2. The smallest absolute Gasteiger partial charge is 0.311 e. The van der Waals surface area contributed by atoms with E-state index in [0.29, 0.717) is 25.1 Å². The van der Waals surface area contributed by atoms with Gasteiger partial charge in [0.1, 0.15) is 5.82 Å². The van der Waals surface area contributed by atoms with Crippen molar-refractivity contribution < 1.29 is 23.9 Å². The number of piperidine rings is 1. The van der Waals surface area contributed by atoms with E-state index in [9.17, 15) is 23.9 Å². The maximum Gasteiger partial charge on any atom is 0.311 e. The molecule has 1 heterocycles. The van der Waals surface area contributed by atoms with E-state index in [-0.39, 0.29) is 29.9 Å². The largest absolute Gasteiger partial charge is 0.481 e. The van der Waals surface area contributed by atoms with Gasteiger partial charge in [-0.2, -0.15) is 0 Å². The fraction of sp³-hybridized carbons (Fsp3) is 0.500. The van der Waals surface area contributed by atoms with Gasteiger partial charge in [0.2, 0.25) is 11.8 Å². The molecule has 0 bridgehead atoms. The summed E-state index contributed by atoms with van der Waals surface area (Å²) in [5, 5.41) is 11.5. The number of hydrogen-bond acceptors (Lipinski definition) is 4. The quantitative estimate of drug-likeness (QED) is 0.790. The van der Waals surface area contributed by atoms with E-state index in [0.717, 1.165) is 0 Å². The summed E-state index contributed by atoms with van der Waals surface area (Å²) in [5.41, 5.74) is -0.428. The number of nitrogens with one attached hydrogen (secondary N) is 1.